The topological polar surface area (TPSA) is 79.1 Å². The van der Waals surface area contributed by atoms with Gasteiger partial charge in [-0.2, -0.15) is 0 Å². The average molecular weight is 297 g/mol. The summed E-state index contributed by atoms with van der Waals surface area (Å²) in [7, 11) is 0. The minimum Gasteiger partial charge on any atom is -0.463 e. The molecule has 1 saturated heterocycles. The highest BCUT2D eigenvalue weighted by atomic mass is 35.5. The highest BCUT2D eigenvalue weighted by Gasteiger charge is 2.28. The molecule has 20 heavy (non-hydrogen) atoms. The molecule has 0 N–H and O–H groups in total. The molecule has 3 heterocycles. The summed E-state index contributed by atoms with van der Waals surface area (Å²) in [5.41, 5.74) is 1.20. The number of hydrogen-bond acceptors (Lipinski definition) is 6. The molecule has 3 rings (SSSR count). The molecule has 2 atom stereocenters. The second kappa shape index (κ2) is 5.34. The first-order chi connectivity index (χ1) is 9.65. The van der Waals surface area contributed by atoms with E-state index in [1.165, 1.54) is 13.3 Å². The Balaban J connectivity index is 1.76. The van der Waals surface area contributed by atoms with Crippen molar-refractivity contribution in [3.8, 4) is 0 Å². The molecule has 1 fully saturated rings. The molecule has 0 unspecified atom stereocenters. The van der Waals surface area contributed by atoms with Crippen LogP contribution in [0.5, 0.6) is 0 Å². The molecule has 7 nitrogen and oxygen atoms in total. The van der Waals surface area contributed by atoms with Crippen molar-refractivity contribution in [1.29, 1.82) is 0 Å². The minimum atomic E-state index is -0.301. The van der Waals surface area contributed by atoms with E-state index in [9.17, 15) is 4.79 Å². The maximum absolute atomic E-state index is 10.8. The highest BCUT2D eigenvalue weighted by Crippen LogP contribution is 2.31. The Morgan fingerprint density at radius 1 is 1.50 bits per heavy atom. The number of fused-ring (bicyclic) bond motifs is 1. The van der Waals surface area contributed by atoms with E-state index in [1.54, 1.807) is 6.33 Å². The summed E-state index contributed by atoms with van der Waals surface area (Å²) in [5, 5.41) is 0.322. The summed E-state index contributed by atoms with van der Waals surface area (Å²) in [6.07, 6.45) is 4.39. The van der Waals surface area contributed by atoms with Gasteiger partial charge < -0.3 is 9.47 Å². The van der Waals surface area contributed by atoms with Gasteiger partial charge in [-0.1, -0.05) is 11.6 Å². The van der Waals surface area contributed by atoms with Gasteiger partial charge in [0, 0.05) is 6.92 Å². The second-order valence-electron chi connectivity index (χ2n) is 4.58. The lowest BCUT2D eigenvalue weighted by Crippen LogP contribution is -2.18. The second-order valence-corrected chi connectivity index (χ2v) is 4.94. The van der Waals surface area contributed by atoms with Crippen LogP contribution < -0.4 is 0 Å². The van der Waals surface area contributed by atoms with Gasteiger partial charge in [0.2, 0.25) is 0 Å². The van der Waals surface area contributed by atoms with E-state index in [0.717, 1.165) is 12.8 Å². The molecule has 1 aliphatic heterocycles. The van der Waals surface area contributed by atoms with Gasteiger partial charge in [-0.15, -0.1) is 0 Å². The first-order valence-electron chi connectivity index (χ1n) is 6.27. The van der Waals surface area contributed by atoms with Gasteiger partial charge in [-0.25, -0.2) is 15.0 Å². The molecule has 0 amide bonds. The third-order valence-corrected chi connectivity index (χ3v) is 3.46. The number of imidazole rings is 1. The fourth-order valence-corrected chi connectivity index (χ4v) is 2.44. The van der Waals surface area contributed by atoms with Gasteiger partial charge >= 0.3 is 5.97 Å². The van der Waals surface area contributed by atoms with Crippen LogP contribution in [0.25, 0.3) is 11.2 Å². The van der Waals surface area contributed by atoms with Crippen LogP contribution in [0.3, 0.4) is 0 Å². The number of esters is 1. The molecule has 2 aromatic rings. The molecule has 8 heteroatoms. The fraction of sp³-hybridized carbons (Fsp3) is 0.500. The minimum absolute atomic E-state index is 0.0985. The Hall–Kier alpha value is -1.73. The zero-order valence-corrected chi connectivity index (χ0v) is 11.6. The highest BCUT2D eigenvalue weighted by molar-refractivity contribution is 6.33. The zero-order valence-electron chi connectivity index (χ0n) is 10.8. The van der Waals surface area contributed by atoms with Crippen LogP contribution in [0.2, 0.25) is 5.15 Å². The van der Waals surface area contributed by atoms with Crippen molar-refractivity contribution >= 4 is 28.7 Å². The Morgan fingerprint density at radius 2 is 2.35 bits per heavy atom. The van der Waals surface area contributed by atoms with Gasteiger partial charge in [0.25, 0.3) is 0 Å². The number of carbonyl (C=O) groups excluding carboxylic acids is 1. The molecule has 2 aromatic heterocycles. The third-order valence-electron chi connectivity index (χ3n) is 3.18. The quantitative estimate of drug-likeness (QED) is 0.634. The molecule has 0 saturated carbocycles. The summed E-state index contributed by atoms with van der Waals surface area (Å²) >= 11 is 5.97. The van der Waals surface area contributed by atoms with Gasteiger partial charge in [-0.3, -0.25) is 9.36 Å². The van der Waals surface area contributed by atoms with E-state index in [1.807, 2.05) is 4.57 Å². The van der Waals surface area contributed by atoms with E-state index in [0.29, 0.717) is 16.3 Å². The van der Waals surface area contributed by atoms with Crippen LogP contribution in [0, 0.1) is 0 Å². The maximum Gasteiger partial charge on any atom is 0.302 e. The molecule has 0 aliphatic carbocycles. The van der Waals surface area contributed by atoms with Crippen molar-refractivity contribution in [2.45, 2.75) is 32.1 Å². The number of carbonyl (C=O) groups is 1. The molecule has 106 valence electrons. The normalized spacial score (nSPS) is 22.3. The van der Waals surface area contributed by atoms with E-state index in [-0.39, 0.29) is 24.9 Å². The van der Waals surface area contributed by atoms with E-state index >= 15 is 0 Å². The molecule has 1 aliphatic rings. The fourth-order valence-electron chi connectivity index (χ4n) is 2.26. The summed E-state index contributed by atoms with van der Waals surface area (Å²) in [6.45, 7) is 1.66. The molecule has 0 aromatic carbocycles. The van der Waals surface area contributed by atoms with Crippen LogP contribution in [0.4, 0.5) is 0 Å². The Bertz CT molecular complexity index is 645. The molecule has 0 radical (unpaired) electrons. The van der Waals surface area contributed by atoms with Crippen LogP contribution in [-0.2, 0) is 14.3 Å². The van der Waals surface area contributed by atoms with E-state index < -0.39 is 0 Å². The first-order valence-corrected chi connectivity index (χ1v) is 6.65. The van der Waals surface area contributed by atoms with Gasteiger partial charge in [0.05, 0.1) is 12.4 Å². The van der Waals surface area contributed by atoms with Gasteiger partial charge in [0.15, 0.2) is 10.8 Å². The number of rotatable bonds is 3. The first kappa shape index (κ1) is 13.3. The predicted molar refractivity (Wildman–Crippen MR) is 70.1 cm³/mol. The smallest absolute Gasteiger partial charge is 0.302 e. The number of nitrogens with zero attached hydrogens (tertiary/aromatic N) is 4. The van der Waals surface area contributed by atoms with Crippen LogP contribution >= 0.6 is 11.6 Å². The molecule has 0 bridgehead atoms. The van der Waals surface area contributed by atoms with Crippen molar-refractivity contribution in [1.82, 2.24) is 19.5 Å². The van der Waals surface area contributed by atoms with E-state index in [4.69, 9.17) is 21.1 Å². The van der Waals surface area contributed by atoms with Gasteiger partial charge in [-0.05, 0) is 12.8 Å². The lowest BCUT2D eigenvalue weighted by molar-refractivity contribution is -0.145. The van der Waals surface area contributed by atoms with Gasteiger partial charge in [0.1, 0.15) is 24.7 Å². The molecular formula is C12H13ClN4O3. The van der Waals surface area contributed by atoms with Crippen molar-refractivity contribution in [3.05, 3.63) is 17.8 Å². The standard InChI is InChI=1S/C12H13ClN4O3/c1-7(18)19-4-8-2-3-9(20-8)17-6-16-10-11(13)14-5-15-12(10)17/h5-6,8-9H,2-4H2,1H3/t8-,9+/m0/s1. The van der Waals surface area contributed by atoms with Crippen LogP contribution in [-0.4, -0.2) is 38.2 Å². The number of aromatic nitrogens is 4. The SMILES string of the molecule is CC(=O)OC[C@@H]1CC[C@H](n2cnc3c(Cl)ncnc32)O1. The summed E-state index contributed by atoms with van der Waals surface area (Å²) in [4.78, 5) is 23.1. The monoisotopic (exact) mass is 296 g/mol. The van der Waals surface area contributed by atoms with Crippen molar-refractivity contribution in [3.63, 3.8) is 0 Å². The number of halogens is 1. The Labute approximate surface area is 119 Å². The van der Waals surface area contributed by atoms with Crippen molar-refractivity contribution in [2.24, 2.45) is 0 Å². The number of ether oxygens (including phenoxy) is 2. The largest absolute Gasteiger partial charge is 0.463 e. The number of hydrogen-bond donors (Lipinski definition) is 0. The Morgan fingerprint density at radius 3 is 3.15 bits per heavy atom. The van der Waals surface area contributed by atoms with Crippen molar-refractivity contribution < 1.29 is 14.3 Å². The van der Waals surface area contributed by atoms with E-state index in [2.05, 4.69) is 15.0 Å². The van der Waals surface area contributed by atoms with Crippen LogP contribution in [0.15, 0.2) is 12.7 Å². The maximum atomic E-state index is 10.8. The average Bonchev–Trinajstić information content (AvgIpc) is 3.02. The van der Waals surface area contributed by atoms with Crippen molar-refractivity contribution in [2.75, 3.05) is 6.61 Å². The predicted octanol–water partition coefficient (Wildman–Crippen LogP) is 1.72. The zero-order chi connectivity index (χ0) is 14.1. The third kappa shape index (κ3) is 2.46. The summed E-state index contributed by atoms with van der Waals surface area (Å²) in [6, 6.07) is 0. The Kier molecular flexibility index (Phi) is 3.54. The molecular weight excluding hydrogens is 284 g/mol. The van der Waals surface area contributed by atoms with Crippen LogP contribution in [0.1, 0.15) is 26.0 Å². The lowest BCUT2D eigenvalue weighted by Gasteiger charge is -2.14. The summed E-state index contributed by atoms with van der Waals surface area (Å²) in [5.74, 6) is -0.301. The lowest BCUT2D eigenvalue weighted by atomic mass is 10.2. The summed E-state index contributed by atoms with van der Waals surface area (Å²) < 4.78 is 12.6. The molecule has 0 spiro atoms.